The minimum absolute atomic E-state index is 0.116. The van der Waals surface area contributed by atoms with E-state index < -0.39 is 11.7 Å². The number of hydrogen-bond donors (Lipinski definition) is 1. The van der Waals surface area contributed by atoms with E-state index in [0.29, 0.717) is 13.1 Å². The first-order valence-electron chi connectivity index (χ1n) is 10.8. The average Bonchev–Trinajstić information content (AvgIpc) is 3.32. The summed E-state index contributed by atoms with van der Waals surface area (Å²) < 4.78 is 13.8. The van der Waals surface area contributed by atoms with Crippen molar-refractivity contribution in [3.8, 4) is 0 Å². The summed E-state index contributed by atoms with van der Waals surface area (Å²) in [5.74, 6) is -0.769. The molecule has 4 rings (SSSR count). The molecule has 0 aliphatic carbocycles. The van der Waals surface area contributed by atoms with Crippen molar-refractivity contribution in [1.29, 1.82) is 0 Å². The Morgan fingerprint density at radius 2 is 1.78 bits per heavy atom. The van der Waals surface area contributed by atoms with Gasteiger partial charge in [-0.25, -0.2) is 4.39 Å². The Morgan fingerprint density at radius 3 is 2.47 bits per heavy atom. The number of amides is 2. The lowest BCUT2D eigenvalue weighted by atomic mass is 9.92. The number of rotatable bonds is 6. The lowest BCUT2D eigenvalue weighted by Crippen LogP contribution is -2.40. The summed E-state index contributed by atoms with van der Waals surface area (Å²) in [6.45, 7) is 3.35. The number of hydrogen-bond acceptors (Lipinski definition) is 5. The van der Waals surface area contributed by atoms with Crippen molar-refractivity contribution in [2.45, 2.75) is 38.0 Å². The maximum Gasteiger partial charge on any atom is 0.286 e. The van der Waals surface area contributed by atoms with E-state index in [1.165, 1.54) is 23.5 Å². The number of nitrogens with one attached hydrogen (secondary N) is 1. The van der Waals surface area contributed by atoms with Gasteiger partial charge in [-0.05, 0) is 37.0 Å². The van der Waals surface area contributed by atoms with Gasteiger partial charge in [0.1, 0.15) is 10.8 Å². The summed E-state index contributed by atoms with van der Waals surface area (Å²) >= 11 is 1.23. The van der Waals surface area contributed by atoms with Gasteiger partial charge in [0.25, 0.3) is 5.91 Å². The van der Waals surface area contributed by atoms with Gasteiger partial charge in [-0.2, -0.15) is 0 Å². The molecule has 2 amide bonds. The van der Waals surface area contributed by atoms with Crippen LogP contribution in [0.25, 0.3) is 0 Å². The predicted octanol–water partition coefficient (Wildman–Crippen LogP) is 4.83. The summed E-state index contributed by atoms with van der Waals surface area (Å²) in [4.78, 5) is 27.4. The van der Waals surface area contributed by atoms with E-state index in [4.69, 9.17) is 0 Å². The Hall–Kier alpha value is -3.13. The number of benzene rings is 2. The molecule has 1 saturated heterocycles. The summed E-state index contributed by atoms with van der Waals surface area (Å²) in [5.41, 5.74) is 1.17. The number of nitrogens with zero attached hydrogens (tertiary/aromatic N) is 3. The van der Waals surface area contributed by atoms with Crippen molar-refractivity contribution in [1.82, 2.24) is 15.1 Å². The molecule has 1 aliphatic heterocycles. The standard InChI is InChI=1S/C24H25FN4O2S/c1-2-18(16-8-4-3-5-9-16)24(31)29-14-12-17(13-15-29)22-27-28-23(32-22)21(30)26-20-11-7-6-10-19(20)25/h3-11,17-18H,2,12-15H2,1H3,(H,26,30). The molecule has 0 bridgehead atoms. The highest BCUT2D eigenvalue weighted by Gasteiger charge is 2.30. The van der Waals surface area contributed by atoms with E-state index in [1.807, 2.05) is 42.2 Å². The number of halogens is 1. The minimum atomic E-state index is -0.497. The first-order valence-corrected chi connectivity index (χ1v) is 11.6. The fourth-order valence-corrected chi connectivity index (χ4v) is 4.94. The van der Waals surface area contributed by atoms with Gasteiger partial charge in [0, 0.05) is 19.0 Å². The van der Waals surface area contributed by atoms with Crippen LogP contribution in [0.5, 0.6) is 0 Å². The molecule has 0 saturated carbocycles. The molecular formula is C24H25FN4O2S. The van der Waals surface area contributed by atoms with Gasteiger partial charge >= 0.3 is 0 Å². The maximum atomic E-state index is 13.8. The molecule has 0 radical (unpaired) electrons. The van der Waals surface area contributed by atoms with Gasteiger partial charge in [-0.1, -0.05) is 60.7 Å². The number of carbonyl (C=O) groups is 2. The van der Waals surface area contributed by atoms with Gasteiger partial charge in [0.05, 0.1) is 11.6 Å². The van der Waals surface area contributed by atoms with Crippen LogP contribution in [0.3, 0.4) is 0 Å². The van der Waals surface area contributed by atoms with Crippen molar-refractivity contribution in [3.05, 3.63) is 76.0 Å². The predicted molar refractivity (Wildman–Crippen MR) is 122 cm³/mol. The Balaban J connectivity index is 1.36. The fourth-order valence-electron chi connectivity index (χ4n) is 4.04. The van der Waals surface area contributed by atoms with Crippen molar-refractivity contribution < 1.29 is 14.0 Å². The molecule has 1 atom stereocenters. The maximum absolute atomic E-state index is 13.8. The third-order valence-corrected chi connectivity index (χ3v) is 6.91. The van der Waals surface area contributed by atoms with Crippen LogP contribution < -0.4 is 5.32 Å². The van der Waals surface area contributed by atoms with Crippen LogP contribution in [0, 0.1) is 5.82 Å². The molecule has 2 heterocycles. The van der Waals surface area contributed by atoms with Gasteiger partial charge < -0.3 is 10.2 Å². The van der Waals surface area contributed by atoms with E-state index in [0.717, 1.165) is 29.8 Å². The van der Waals surface area contributed by atoms with Crippen LogP contribution in [0.1, 0.15) is 58.4 Å². The molecule has 166 valence electrons. The molecule has 2 aromatic carbocycles. The minimum Gasteiger partial charge on any atom is -0.342 e. The van der Waals surface area contributed by atoms with Gasteiger partial charge in [0.2, 0.25) is 10.9 Å². The van der Waals surface area contributed by atoms with Crippen molar-refractivity contribution in [2.24, 2.45) is 0 Å². The molecular weight excluding hydrogens is 427 g/mol. The largest absolute Gasteiger partial charge is 0.342 e. The molecule has 8 heteroatoms. The van der Waals surface area contributed by atoms with Crippen LogP contribution in [0.15, 0.2) is 54.6 Å². The van der Waals surface area contributed by atoms with Gasteiger partial charge in [-0.15, -0.1) is 10.2 Å². The van der Waals surface area contributed by atoms with Gasteiger partial charge in [0.15, 0.2) is 0 Å². The zero-order valence-corrected chi connectivity index (χ0v) is 18.6. The van der Waals surface area contributed by atoms with E-state index in [1.54, 1.807) is 12.1 Å². The second-order valence-electron chi connectivity index (χ2n) is 7.85. The average molecular weight is 453 g/mol. The summed E-state index contributed by atoms with van der Waals surface area (Å²) in [6.07, 6.45) is 2.32. The first kappa shape index (κ1) is 22.1. The van der Waals surface area contributed by atoms with E-state index >= 15 is 0 Å². The molecule has 0 spiro atoms. The molecule has 1 aliphatic rings. The number of aromatic nitrogens is 2. The van der Waals surface area contributed by atoms with Crippen LogP contribution in [-0.2, 0) is 4.79 Å². The number of carbonyl (C=O) groups excluding carboxylic acids is 2. The Labute approximate surface area is 190 Å². The highest BCUT2D eigenvalue weighted by Crippen LogP contribution is 2.32. The normalized spacial score (nSPS) is 15.4. The second kappa shape index (κ2) is 9.99. The SMILES string of the molecule is CCC(C(=O)N1CCC(c2nnc(C(=O)Nc3ccccc3F)s2)CC1)c1ccccc1. The summed E-state index contributed by atoms with van der Waals surface area (Å²) in [7, 11) is 0. The second-order valence-corrected chi connectivity index (χ2v) is 8.86. The number of piperidine rings is 1. The summed E-state index contributed by atoms with van der Waals surface area (Å²) in [6, 6.07) is 15.9. The molecule has 1 aromatic heterocycles. The van der Waals surface area contributed by atoms with Crippen molar-refractivity contribution in [2.75, 3.05) is 18.4 Å². The molecule has 6 nitrogen and oxygen atoms in total. The smallest absolute Gasteiger partial charge is 0.286 e. The van der Waals surface area contributed by atoms with Crippen LogP contribution >= 0.6 is 11.3 Å². The third kappa shape index (κ3) is 4.85. The van der Waals surface area contributed by atoms with Crippen LogP contribution in [0.4, 0.5) is 10.1 Å². The van der Waals surface area contributed by atoms with E-state index in [9.17, 15) is 14.0 Å². The Kier molecular flexibility index (Phi) is 6.90. The monoisotopic (exact) mass is 452 g/mol. The quantitative estimate of drug-likeness (QED) is 0.581. The molecule has 1 fully saturated rings. The van der Waals surface area contributed by atoms with Crippen LogP contribution in [-0.4, -0.2) is 40.0 Å². The fraction of sp³-hybridized carbons (Fsp3) is 0.333. The van der Waals surface area contributed by atoms with E-state index in [2.05, 4.69) is 15.5 Å². The Morgan fingerprint density at radius 1 is 1.09 bits per heavy atom. The first-order chi connectivity index (χ1) is 15.6. The zero-order chi connectivity index (χ0) is 22.5. The molecule has 1 unspecified atom stereocenters. The third-order valence-electron chi connectivity index (χ3n) is 5.82. The van der Waals surface area contributed by atoms with Crippen molar-refractivity contribution >= 4 is 28.8 Å². The Bertz CT molecular complexity index is 1080. The number of likely N-dealkylation sites (tertiary alicyclic amines) is 1. The zero-order valence-electron chi connectivity index (χ0n) is 17.8. The van der Waals surface area contributed by atoms with Crippen molar-refractivity contribution in [3.63, 3.8) is 0 Å². The lowest BCUT2D eigenvalue weighted by molar-refractivity contribution is -0.134. The highest BCUT2D eigenvalue weighted by atomic mass is 32.1. The summed E-state index contributed by atoms with van der Waals surface area (Å²) in [5, 5.41) is 11.7. The lowest BCUT2D eigenvalue weighted by Gasteiger charge is -2.33. The number of para-hydroxylation sites is 1. The highest BCUT2D eigenvalue weighted by molar-refractivity contribution is 7.13. The van der Waals surface area contributed by atoms with E-state index in [-0.39, 0.29) is 28.4 Å². The topological polar surface area (TPSA) is 75.2 Å². The molecule has 1 N–H and O–H groups in total. The molecule has 32 heavy (non-hydrogen) atoms. The molecule has 3 aromatic rings. The number of anilines is 1. The van der Waals surface area contributed by atoms with Crippen LogP contribution in [0.2, 0.25) is 0 Å². The van der Waals surface area contributed by atoms with Gasteiger partial charge in [-0.3, -0.25) is 9.59 Å².